The number of rotatable bonds is 8. The molecule has 5 rings (SSSR count). The fraction of sp³-hybridized carbons (Fsp3) is 0.357. The van der Waals surface area contributed by atoms with Crippen LogP contribution >= 0.6 is 11.6 Å². The van der Waals surface area contributed by atoms with E-state index in [0.29, 0.717) is 42.8 Å². The quantitative estimate of drug-likeness (QED) is 0.383. The van der Waals surface area contributed by atoms with Crippen molar-refractivity contribution in [3.8, 4) is 0 Å². The van der Waals surface area contributed by atoms with Gasteiger partial charge in [0, 0.05) is 18.8 Å². The van der Waals surface area contributed by atoms with Gasteiger partial charge in [0.15, 0.2) is 0 Å². The van der Waals surface area contributed by atoms with Gasteiger partial charge in [-0.1, -0.05) is 48.0 Å². The van der Waals surface area contributed by atoms with Crippen molar-refractivity contribution in [2.24, 2.45) is 5.73 Å². The summed E-state index contributed by atoms with van der Waals surface area (Å²) in [6.07, 6.45) is 5.30. The van der Waals surface area contributed by atoms with Crippen molar-refractivity contribution in [2.45, 2.75) is 49.9 Å². The molecule has 2 heterocycles. The van der Waals surface area contributed by atoms with Gasteiger partial charge in [-0.2, -0.15) is 0 Å². The van der Waals surface area contributed by atoms with E-state index in [4.69, 9.17) is 22.4 Å². The molecule has 1 saturated heterocycles. The van der Waals surface area contributed by atoms with Crippen molar-refractivity contribution in [3.05, 3.63) is 82.1 Å². The number of carbonyl (C=O) groups excluding carboxylic acids is 1. The van der Waals surface area contributed by atoms with Crippen LogP contribution in [0.2, 0.25) is 5.02 Å². The Morgan fingerprint density at radius 1 is 1.08 bits per heavy atom. The lowest BCUT2D eigenvalue weighted by Crippen LogP contribution is -2.36. The molecule has 8 nitrogen and oxygen atoms in total. The van der Waals surface area contributed by atoms with Crippen LogP contribution in [-0.2, 0) is 23.1 Å². The lowest BCUT2D eigenvalue weighted by atomic mass is 9.88. The Balaban J connectivity index is 1.24. The van der Waals surface area contributed by atoms with Gasteiger partial charge in [0.1, 0.15) is 0 Å². The number of amides is 2. The minimum Gasteiger partial charge on any atom is -0.465 e. The maximum Gasteiger partial charge on any atom is 0.407 e. The van der Waals surface area contributed by atoms with Crippen LogP contribution in [0.5, 0.6) is 0 Å². The fourth-order valence-electron chi connectivity index (χ4n) is 5.24. The van der Waals surface area contributed by atoms with Crippen LogP contribution in [0.4, 0.5) is 16.4 Å². The summed E-state index contributed by atoms with van der Waals surface area (Å²) in [5.74, 6) is 0.560. The van der Waals surface area contributed by atoms with Crippen LogP contribution < -0.4 is 11.1 Å². The van der Waals surface area contributed by atoms with Gasteiger partial charge in [0.05, 0.1) is 22.3 Å². The number of aromatic nitrogens is 2. The molecule has 2 aliphatic rings. The first-order valence-electron chi connectivity index (χ1n) is 12.6. The van der Waals surface area contributed by atoms with Crippen molar-refractivity contribution >= 4 is 35.2 Å². The molecule has 1 saturated carbocycles. The van der Waals surface area contributed by atoms with Crippen LogP contribution in [0.1, 0.15) is 54.0 Å². The van der Waals surface area contributed by atoms with Gasteiger partial charge in [-0.3, -0.25) is 4.79 Å². The molecule has 1 aliphatic carbocycles. The topological polar surface area (TPSA) is 121 Å². The number of carboxylic acid groups (broad SMARTS) is 1. The van der Waals surface area contributed by atoms with Crippen molar-refractivity contribution in [1.82, 2.24) is 14.9 Å². The summed E-state index contributed by atoms with van der Waals surface area (Å²) in [4.78, 5) is 33.7. The Hall–Kier alpha value is -3.65. The molecular weight excluding hydrogens is 490 g/mol. The molecule has 9 heteroatoms. The van der Waals surface area contributed by atoms with Crippen molar-refractivity contribution in [3.63, 3.8) is 0 Å². The van der Waals surface area contributed by atoms with Gasteiger partial charge in [-0.25, -0.2) is 14.8 Å². The van der Waals surface area contributed by atoms with Gasteiger partial charge in [0.2, 0.25) is 11.9 Å². The highest BCUT2D eigenvalue weighted by Crippen LogP contribution is 2.49. The molecule has 0 atom stereocenters. The summed E-state index contributed by atoms with van der Waals surface area (Å²) in [5.41, 5.74) is 10.1. The second kappa shape index (κ2) is 10.4. The van der Waals surface area contributed by atoms with E-state index in [1.54, 1.807) is 6.20 Å². The number of halogens is 1. The van der Waals surface area contributed by atoms with E-state index in [1.807, 2.05) is 36.4 Å². The van der Waals surface area contributed by atoms with E-state index in [2.05, 4.69) is 27.4 Å². The largest absolute Gasteiger partial charge is 0.465 e. The van der Waals surface area contributed by atoms with Crippen molar-refractivity contribution in [2.75, 3.05) is 18.4 Å². The minimum atomic E-state index is -0.845. The minimum absolute atomic E-state index is 0.261. The first-order chi connectivity index (χ1) is 17.9. The molecule has 2 fully saturated rings. The first kappa shape index (κ1) is 25.0. The molecule has 0 radical (unpaired) electrons. The summed E-state index contributed by atoms with van der Waals surface area (Å²) in [7, 11) is 0. The summed E-state index contributed by atoms with van der Waals surface area (Å²) >= 11 is 6.43. The third-order valence-corrected chi connectivity index (χ3v) is 7.92. The Kier molecular flexibility index (Phi) is 7.02. The average Bonchev–Trinajstić information content (AvgIpc) is 3.72. The number of carbonyl (C=O) groups is 2. The molecule has 0 spiro atoms. The maximum absolute atomic E-state index is 12.1. The third kappa shape index (κ3) is 5.39. The number of anilines is 2. The molecular formula is C28H30ClN5O3. The van der Waals surface area contributed by atoms with E-state index in [1.165, 1.54) is 10.5 Å². The Labute approximate surface area is 220 Å². The Morgan fingerprint density at radius 3 is 2.43 bits per heavy atom. The number of nitrogens with two attached hydrogens (primary N) is 1. The van der Waals surface area contributed by atoms with E-state index >= 15 is 0 Å². The van der Waals surface area contributed by atoms with Crippen LogP contribution in [0.25, 0.3) is 0 Å². The summed E-state index contributed by atoms with van der Waals surface area (Å²) in [6, 6.07) is 16.1. The number of hydrogen-bond donors (Lipinski definition) is 3. The van der Waals surface area contributed by atoms with E-state index in [-0.39, 0.29) is 5.91 Å². The van der Waals surface area contributed by atoms with E-state index in [9.17, 15) is 9.59 Å². The van der Waals surface area contributed by atoms with Gasteiger partial charge in [-0.05, 0) is 73.3 Å². The van der Waals surface area contributed by atoms with Crippen LogP contribution in [0.3, 0.4) is 0 Å². The molecule has 1 aliphatic heterocycles. The normalized spacial score (nSPS) is 16.8. The lowest BCUT2D eigenvalue weighted by molar-refractivity contribution is -0.120. The summed E-state index contributed by atoms with van der Waals surface area (Å²) in [6.45, 7) is 1.13. The van der Waals surface area contributed by atoms with Gasteiger partial charge < -0.3 is 21.1 Å². The monoisotopic (exact) mass is 519 g/mol. The molecule has 1 aromatic heterocycles. The number of aryl methyl sites for hydroxylation is 2. The number of hydrogen-bond acceptors (Lipinski definition) is 5. The lowest BCUT2D eigenvalue weighted by Gasteiger charge is -2.30. The predicted molar refractivity (Wildman–Crippen MR) is 142 cm³/mol. The van der Waals surface area contributed by atoms with E-state index in [0.717, 1.165) is 48.2 Å². The highest BCUT2D eigenvalue weighted by Gasteiger charge is 2.50. The van der Waals surface area contributed by atoms with Gasteiger partial charge >= 0.3 is 6.09 Å². The van der Waals surface area contributed by atoms with Crippen molar-refractivity contribution in [1.29, 1.82) is 0 Å². The second-order valence-corrected chi connectivity index (χ2v) is 10.3. The third-order valence-electron chi connectivity index (χ3n) is 7.61. The Morgan fingerprint density at radius 2 is 1.78 bits per heavy atom. The summed E-state index contributed by atoms with van der Waals surface area (Å²) in [5, 5.41) is 12.9. The van der Waals surface area contributed by atoms with Crippen LogP contribution in [-0.4, -0.2) is 45.1 Å². The van der Waals surface area contributed by atoms with Crippen molar-refractivity contribution < 1.29 is 14.7 Å². The number of nitrogens with zero attached hydrogens (tertiary/aromatic N) is 3. The Bertz CT molecular complexity index is 1300. The molecule has 2 amide bonds. The number of primary amides is 1. The fourth-order valence-corrected chi connectivity index (χ4v) is 5.43. The van der Waals surface area contributed by atoms with Gasteiger partial charge in [0.25, 0.3) is 0 Å². The molecule has 192 valence electrons. The molecule has 0 bridgehead atoms. The summed E-state index contributed by atoms with van der Waals surface area (Å²) < 4.78 is 0. The average molecular weight is 520 g/mol. The maximum atomic E-state index is 12.1. The number of piperidine rings is 1. The zero-order chi connectivity index (χ0) is 26.0. The van der Waals surface area contributed by atoms with Gasteiger partial charge in [-0.15, -0.1) is 0 Å². The number of benzene rings is 2. The standard InChI is InChI=1S/C28H30ClN5O3/c29-23-17-31-26(32-21-8-5-18(6-9-21)19-11-15-34(16-12-19)27(36)37)33-24(23)10-7-20-3-1-2-4-22(20)28(13-14-28)25(30)35/h1-6,8-9,17,19H,7,10-16H2,(H2,30,35)(H,36,37)(H,31,32,33). The highest BCUT2D eigenvalue weighted by atomic mass is 35.5. The van der Waals surface area contributed by atoms with E-state index < -0.39 is 11.5 Å². The molecule has 4 N–H and O–H groups in total. The highest BCUT2D eigenvalue weighted by molar-refractivity contribution is 6.31. The number of nitrogens with one attached hydrogen (secondary N) is 1. The van der Waals surface area contributed by atoms with Crippen LogP contribution in [0.15, 0.2) is 54.7 Å². The zero-order valence-corrected chi connectivity index (χ0v) is 21.2. The molecule has 3 aromatic rings. The zero-order valence-electron chi connectivity index (χ0n) is 20.5. The SMILES string of the molecule is NC(=O)C1(c2ccccc2CCc2nc(Nc3ccc(C4CCN(C(=O)O)CC4)cc3)ncc2Cl)CC1. The first-order valence-corrected chi connectivity index (χ1v) is 13.0. The molecule has 0 unspecified atom stereocenters. The molecule has 37 heavy (non-hydrogen) atoms. The predicted octanol–water partition coefficient (Wildman–Crippen LogP) is 5.03. The second-order valence-electron chi connectivity index (χ2n) is 9.88. The molecule has 2 aromatic carbocycles. The number of likely N-dealkylation sites (tertiary alicyclic amines) is 1. The van der Waals surface area contributed by atoms with Crippen LogP contribution in [0, 0.1) is 0 Å². The smallest absolute Gasteiger partial charge is 0.407 e.